The van der Waals surface area contributed by atoms with Gasteiger partial charge < -0.3 is 11.3 Å². The fraction of sp³-hybridized carbons (Fsp3) is 0.333. The molecule has 7 nitrogen and oxygen atoms in total. The van der Waals surface area contributed by atoms with Crippen molar-refractivity contribution in [3.63, 3.8) is 0 Å². The Morgan fingerprint density at radius 3 is 2.38 bits per heavy atom. The van der Waals surface area contributed by atoms with Crippen molar-refractivity contribution in [3.05, 3.63) is 29.3 Å². The summed E-state index contributed by atoms with van der Waals surface area (Å²) in [7, 11) is -4.74. The monoisotopic (exact) mass is 326 g/mol. The van der Waals surface area contributed by atoms with E-state index in [-0.39, 0.29) is 36.5 Å². The minimum atomic E-state index is -4.74. The average Bonchev–Trinajstić information content (AvgIpc) is 2.36. The Kier molecular flexibility index (Phi) is 7.55. The van der Waals surface area contributed by atoms with E-state index in [1.165, 1.54) is 0 Å². The quantitative estimate of drug-likeness (QED) is 0.392. The minimum Gasteiger partial charge on any atom is -1.00 e. The summed E-state index contributed by atoms with van der Waals surface area (Å²) >= 11 is 0. The van der Waals surface area contributed by atoms with Gasteiger partial charge in [-0.05, 0) is 31.5 Å². The number of rotatable bonds is 5. The normalized spacial score (nSPS) is 12.1. The Bertz CT molecular complexity index is 645. The van der Waals surface area contributed by atoms with Gasteiger partial charge in [0.15, 0.2) is 0 Å². The Morgan fingerprint density at radius 1 is 1.38 bits per heavy atom. The molecule has 0 bridgehead atoms. The molecule has 1 unspecified atom stereocenters. The van der Waals surface area contributed by atoms with Crippen molar-refractivity contribution in [2.45, 2.75) is 31.3 Å². The molecule has 0 aliphatic rings. The Labute approximate surface area is 145 Å². The van der Waals surface area contributed by atoms with Gasteiger partial charge in [0.2, 0.25) is 0 Å². The molecule has 0 amide bonds. The molecule has 1 atom stereocenters. The summed E-state index contributed by atoms with van der Waals surface area (Å²) < 4.78 is 36.5. The molecule has 0 aliphatic carbocycles. The van der Waals surface area contributed by atoms with Crippen LogP contribution in [0.4, 0.5) is 0 Å². The number of hydrogen-bond acceptors (Lipinski definition) is 5. The van der Waals surface area contributed by atoms with E-state index in [0.717, 1.165) is 12.1 Å². The molecule has 2 N–H and O–H groups in total. The molecule has 0 fully saturated rings. The number of carboxylic acid groups (broad SMARTS) is 1. The third kappa shape index (κ3) is 5.40. The standard InChI is InChI=1S/C12H14O7S.Na.H/c1-3-7(2)19-12(15)9-5-4-8(11(13)14)6-10(9)20(16,17)18;;/h4-7H,3H2,1-2H3,(H,13,14)(H,16,17,18);;/q;+1;-1. The van der Waals surface area contributed by atoms with Crippen LogP contribution in [0.15, 0.2) is 23.1 Å². The van der Waals surface area contributed by atoms with Crippen molar-refractivity contribution in [2.24, 2.45) is 0 Å². The van der Waals surface area contributed by atoms with Crippen LogP contribution < -0.4 is 29.6 Å². The Balaban J connectivity index is 0. The fourth-order valence-corrected chi connectivity index (χ4v) is 2.07. The van der Waals surface area contributed by atoms with Crippen LogP contribution >= 0.6 is 0 Å². The van der Waals surface area contributed by atoms with E-state index >= 15 is 0 Å². The van der Waals surface area contributed by atoms with Crippen molar-refractivity contribution in [1.29, 1.82) is 0 Å². The van der Waals surface area contributed by atoms with Crippen LogP contribution in [0, 0.1) is 0 Å². The Morgan fingerprint density at radius 2 is 1.95 bits per heavy atom. The summed E-state index contributed by atoms with van der Waals surface area (Å²) in [6, 6.07) is 2.77. The second kappa shape index (κ2) is 7.90. The van der Waals surface area contributed by atoms with Gasteiger partial charge >= 0.3 is 41.5 Å². The molecule has 21 heavy (non-hydrogen) atoms. The number of aromatic carboxylic acids is 1. The van der Waals surface area contributed by atoms with E-state index in [0.29, 0.717) is 12.5 Å². The van der Waals surface area contributed by atoms with Gasteiger partial charge in [-0.3, -0.25) is 4.55 Å². The first-order chi connectivity index (χ1) is 9.16. The van der Waals surface area contributed by atoms with Crippen molar-refractivity contribution in [3.8, 4) is 0 Å². The molecule has 0 aliphatic heterocycles. The van der Waals surface area contributed by atoms with E-state index in [2.05, 4.69) is 0 Å². The van der Waals surface area contributed by atoms with Gasteiger partial charge in [-0.2, -0.15) is 8.42 Å². The third-order valence-electron chi connectivity index (χ3n) is 2.61. The fourth-order valence-electron chi connectivity index (χ4n) is 1.37. The molecule has 112 valence electrons. The molecule has 0 heterocycles. The zero-order valence-electron chi connectivity index (χ0n) is 12.9. The molecule has 0 aromatic heterocycles. The van der Waals surface area contributed by atoms with Crippen LogP contribution in [-0.2, 0) is 14.9 Å². The number of carbonyl (C=O) groups is 2. The first kappa shape index (κ1) is 20.1. The molecule has 9 heteroatoms. The number of esters is 1. The van der Waals surface area contributed by atoms with E-state index in [9.17, 15) is 18.0 Å². The number of ether oxygens (including phenoxy) is 1. The molecule has 1 aromatic rings. The molecule has 1 rings (SSSR count). The van der Waals surface area contributed by atoms with Gasteiger partial charge in [-0.15, -0.1) is 0 Å². The van der Waals surface area contributed by atoms with Gasteiger partial charge in [0.05, 0.1) is 17.2 Å². The van der Waals surface area contributed by atoms with Crippen molar-refractivity contribution in [2.75, 3.05) is 0 Å². The van der Waals surface area contributed by atoms with Crippen molar-refractivity contribution in [1.82, 2.24) is 0 Å². The van der Waals surface area contributed by atoms with E-state index < -0.39 is 38.6 Å². The van der Waals surface area contributed by atoms with E-state index in [1.807, 2.05) is 0 Å². The smallest absolute Gasteiger partial charge is 1.00 e. The maximum Gasteiger partial charge on any atom is 1.00 e. The summed E-state index contributed by atoms with van der Waals surface area (Å²) in [5.74, 6) is -2.32. The summed E-state index contributed by atoms with van der Waals surface area (Å²) in [6.07, 6.45) is 0.0936. The average molecular weight is 326 g/mol. The molecular formula is C12H15NaO7S. The van der Waals surface area contributed by atoms with Gasteiger partial charge in [0.25, 0.3) is 10.1 Å². The summed E-state index contributed by atoms with van der Waals surface area (Å²) in [4.78, 5) is 21.8. The predicted molar refractivity (Wildman–Crippen MR) is 69.5 cm³/mol. The number of benzene rings is 1. The van der Waals surface area contributed by atoms with Crippen LogP contribution in [0.3, 0.4) is 0 Å². The zero-order valence-corrected chi connectivity index (χ0v) is 14.7. The van der Waals surface area contributed by atoms with Crippen LogP contribution in [0.5, 0.6) is 0 Å². The van der Waals surface area contributed by atoms with Gasteiger partial charge in [0, 0.05) is 0 Å². The van der Waals surface area contributed by atoms with Crippen LogP contribution in [0.1, 0.15) is 42.4 Å². The SMILES string of the molecule is CCC(C)OC(=O)c1ccc(C(=O)O)cc1S(=O)(=O)O.[H-].[Na+]. The number of hydrogen-bond donors (Lipinski definition) is 2. The van der Waals surface area contributed by atoms with Crippen LogP contribution in [0.25, 0.3) is 0 Å². The summed E-state index contributed by atoms with van der Waals surface area (Å²) in [5.41, 5.74) is -0.768. The van der Waals surface area contributed by atoms with Crippen molar-refractivity contribution < 1.29 is 63.4 Å². The maximum absolute atomic E-state index is 11.8. The first-order valence-electron chi connectivity index (χ1n) is 5.72. The minimum absolute atomic E-state index is 0. The second-order valence-electron chi connectivity index (χ2n) is 4.12. The molecule has 0 saturated heterocycles. The topological polar surface area (TPSA) is 118 Å². The van der Waals surface area contributed by atoms with Gasteiger partial charge in [-0.25, -0.2) is 9.59 Å². The summed E-state index contributed by atoms with van der Waals surface area (Å²) in [5, 5.41) is 8.80. The largest absolute Gasteiger partial charge is 1.00 e. The molecule has 1 aromatic carbocycles. The number of carboxylic acids is 1. The van der Waals surface area contributed by atoms with Gasteiger partial charge in [-0.1, -0.05) is 6.92 Å². The second-order valence-corrected chi connectivity index (χ2v) is 5.51. The predicted octanol–water partition coefficient (Wildman–Crippen LogP) is -1.30. The third-order valence-corrected chi connectivity index (χ3v) is 3.50. The summed E-state index contributed by atoms with van der Waals surface area (Å²) in [6.45, 7) is 3.39. The molecule has 0 radical (unpaired) electrons. The molecule has 0 spiro atoms. The van der Waals surface area contributed by atoms with Crippen molar-refractivity contribution >= 4 is 22.1 Å². The van der Waals surface area contributed by atoms with E-state index in [4.69, 9.17) is 14.4 Å². The van der Waals surface area contributed by atoms with E-state index in [1.54, 1.807) is 13.8 Å². The maximum atomic E-state index is 11.8. The zero-order chi connectivity index (χ0) is 15.5. The molecule has 0 saturated carbocycles. The number of carbonyl (C=O) groups excluding carboxylic acids is 1. The molecular weight excluding hydrogens is 311 g/mol. The van der Waals surface area contributed by atoms with Crippen LogP contribution in [-0.4, -0.2) is 36.1 Å². The first-order valence-corrected chi connectivity index (χ1v) is 7.16. The van der Waals surface area contributed by atoms with Gasteiger partial charge in [0.1, 0.15) is 4.90 Å². The van der Waals surface area contributed by atoms with Crippen LogP contribution in [0.2, 0.25) is 0 Å². The Hall–Kier alpha value is -0.930.